The van der Waals surface area contributed by atoms with Crippen molar-refractivity contribution in [3.8, 4) is 11.5 Å². The van der Waals surface area contributed by atoms with Crippen molar-refractivity contribution in [1.29, 1.82) is 0 Å². The van der Waals surface area contributed by atoms with Crippen LogP contribution in [0.2, 0.25) is 0 Å². The van der Waals surface area contributed by atoms with E-state index >= 15 is 0 Å². The van der Waals surface area contributed by atoms with Gasteiger partial charge in [0.05, 0.1) is 27.3 Å². The van der Waals surface area contributed by atoms with E-state index in [-0.39, 0.29) is 29.6 Å². The zero-order valence-electron chi connectivity index (χ0n) is 17.5. The normalized spacial score (nSPS) is 23.6. The zero-order chi connectivity index (χ0) is 21.0. The van der Waals surface area contributed by atoms with E-state index in [1.54, 1.807) is 17.0 Å². The molecule has 1 aromatic rings. The number of likely N-dealkylation sites (tertiary alicyclic amines) is 1. The first-order valence-electron chi connectivity index (χ1n) is 10.2. The minimum absolute atomic E-state index is 0.0888. The summed E-state index contributed by atoms with van der Waals surface area (Å²) in [5.41, 5.74) is 0. The number of nitrogens with one attached hydrogen (secondary N) is 1. The van der Waals surface area contributed by atoms with Crippen molar-refractivity contribution in [3.63, 3.8) is 0 Å². The van der Waals surface area contributed by atoms with Crippen LogP contribution in [-0.2, 0) is 14.8 Å². The fourth-order valence-electron chi connectivity index (χ4n) is 4.19. The molecule has 2 saturated heterocycles. The van der Waals surface area contributed by atoms with Crippen LogP contribution in [0.1, 0.15) is 19.8 Å². The van der Waals surface area contributed by atoms with E-state index in [9.17, 15) is 13.2 Å². The summed E-state index contributed by atoms with van der Waals surface area (Å²) in [5.74, 6) is 1.51. The number of piperazine rings is 1. The summed E-state index contributed by atoms with van der Waals surface area (Å²) in [6, 6.07) is 4.73. The molecule has 29 heavy (non-hydrogen) atoms. The molecule has 0 bridgehead atoms. The fourth-order valence-corrected chi connectivity index (χ4v) is 5.78. The standard InChI is InChI=1S/C20H31N3O5S/c1-16-5-4-8-21(14-16)15-20(24)22-9-11-23(12-10-22)29(25,26)19-13-17(27-2)6-7-18(19)28-3/h6-7,13,16H,4-5,8-12,14-15H2,1-3H3/p+1/t16-/m1/s1. The van der Waals surface area contributed by atoms with Gasteiger partial charge in [-0.05, 0) is 25.0 Å². The van der Waals surface area contributed by atoms with Gasteiger partial charge in [-0.3, -0.25) is 4.79 Å². The molecule has 1 N–H and O–H groups in total. The molecule has 2 aliphatic rings. The summed E-state index contributed by atoms with van der Waals surface area (Å²) in [4.78, 5) is 15.9. The summed E-state index contributed by atoms with van der Waals surface area (Å²) in [6.07, 6.45) is 2.40. The minimum atomic E-state index is -3.74. The topological polar surface area (TPSA) is 80.6 Å². The Labute approximate surface area is 173 Å². The summed E-state index contributed by atoms with van der Waals surface area (Å²) >= 11 is 0. The number of quaternary nitrogens is 1. The second-order valence-electron chi connectivity index (χ2n) is 7.93. The maximum atomic E-state index is 13.1. The van der Waals surface area contributed by atoms with Crippen molar-refractivity contribution >= 4 is 15.9 Å². The van der Waals surface area contributed by atoms with E-state index < -0.39 is 10.0 Å². The maximum Gasteiger partial charge on any atom is 0.277 e. The van der Waals surface area contributed by atoms with E-state index in [4.69, 9.17) is 9.47 Å². The molecular weight excluding hydrogens is 394 g/mol. The Kier molecular flexibility index (Phi) is 7.02. The number of sulfonamides is 1. The Morgan fingerprint density at radius 2 is 1.90 bits per heavy atom. The van der Waals surface area contributed by atoms with Crippen molar-refractivity contribution in [2.24, 2.45) is 5.92 Å². The van der Waals surface area contributed by atoms with Crippen LogP contribution in [-0.4, -0.2) is 83.6 Å². The molecule has 2 atom stereocenters. The molecule has 0 radical (unpaired) electrons. The van der Waals surface area contributed by atoms with Crippen molar-refractivity contribution in [3.05, 3.63) is 18.2 Å². The Morgan fingerprint density at radius 1 is 1.17 bits per heavy atom. The smallest absolute Gasteiger partial charge is 0.277 e. The third-order valence-corrected chi connectivity index (χ3v) is 7.77. The van der Waals surface area contributed by atoms with Gasteiger partial charge < -0.3 is 19.3 Å². The number of hydrogen-bond acceptors (Lipinski definition) is 5. The maximum absolute atomic E-state index is 13.1. The highest BCUT2D eigenvalue weighted by atomic mass is 32.2. The summed E-state index contributed by atoms with van der Waals surface area (Å²) in [6.45, 7) is 6.19. The monoisotopic (exact) mass is 426 g/mol. The van der Waals surface area contributed by atoms with Crippen molar-refractivity contribution in [2.75, 3.05) is 60.0 Å². The number of ether oxygens (including phenoxy) is 2. The number of piperidine rings is 1. The van der Waals surface area contributed by atoms with Crippen LogP contribution in [0.15, 0.2) is 23.1 Å². The quantitative estimate of drug-likeness (QED) is 0.685. The average Bonchev–Trinajstić information content (AvgIpc) is 2.73. The number of benzene rings is 1. The van der Waals surface area contributed by atoms with Gasteiger partial charge in [0.25, 0.3) is 5.91 Å². The minimum Gasteiger partial charge on any atom is -0.497 e. The Balaban J connectivity index is 1.63. The summed E-state index contributed by atoms with van der Waals surface area (Å²) < 4.78 is 38.1. The highest BCUT2D eigenvalue weighted by Gasteiger charge is 2.33. The number of carbonyl (C=O) groups is 1. The molecular formula is C20H32N3O5S+. The van der Waals surface area contributed by atoms with Gasteiger partial charge in [0.1, 0.15) is 16.4 Å². The predicted molar refractivity (Wildman–Crippen MR) is 109 cm³/mol. The van der Waals surface area contributed by atoms with Crippen LogP contribution >= 0.6 is 0 Å². The molecule has 1 aromatic carbocycles. The molecule has 1 unspecified atom stereocenters. The first-order valence-corrected chi connectivity index (χ1v) is 11.6. The molecule has 9 heteroatoms. The van der Waals surface area contributed by atoms with Gasteiger partial charge in [-0.25, -0.2) is 8.42 Å². The van der Waals surface area contributed by atoms with E-state index in [0.29, 0.717) is 31.3 Å². The predicted octanol–water partition coefficient (Wildman–Crippen LogP) is -0.148. The van der Waals surface area contributed by atoms with E-state index in [0.717, 1.165) is 19.5 Å². The molecule has 162 valence electrons. The van der Waals surface area contributed by atoms with Gasteiger partial charge in [0, 0.05) is 38.2 Å². The lowest BCUT2D eigenvalue weighted by Gasteiger charge is -2.35. The van der Waals surface area contributed by atoms with Crippen LogP contribution < -0.4 is 14.4 Å². The van der Waals surface area contributed by atoms with Crippen LogP contribution in [0.5, 0.6) is 11.5 Å². The van der Waals surface area contributed by atoms with Gasteiger partial charge in [0.15, 0.2) is 6.54 Å². The second-order valence-corrected chi connectivity index (χ2v) is 9.84. The molecule has 8 nitrogen and oxygen atoms in total. The third kappa shape index (κ3) is 5.02. The van der Waals surface area contributed by atoms with Gasteiger partial charge in [0.2, 0.25) is 10.0 Å². The van der Waals surface area contributed by atoms with Crippen molar-refractivity contribution < 1.29 is 27.6 Å². The summed E-state index contributed by atoms with van der Waals surface area (Å²) in [5, 5.41) is 0. The van der Waals surface area contributed by atoms with Gasteiger partial charge in [-0.1, -0.05) is 6.92 Å². The van der Waals surface area contributed by atoms with E-state index in [1.807, 2.05) is 0 Å². The molecule has 3 rings (SSSR count). The fraction of sp³-hybridized carbons (Fsp3) is 0.650. The molecule has 0 aliphatic carbocycles. The molecule has 2 fully saturated rings. The third-order valence-electron chi connectivity index (χ3n) is 5.85. The van der Waals surface area contributed by atoms with Crippen LogP contribution in [0.25, 0.3) is 0 Å². The molecule has 2 heterocycles. The number of carbonyl (C=O) groups excluding carboxylic acids is 1. The average molecular weight is 427 g/mol. The molecule has 0 spiro atoms. The van der Waals surface area contributed by atoms with E-state index in [1.165, 1.54) is 35.9 Å². The molecule has 2 aliphatic heterocycles. The lowest BCUT2D eigenvalue weighted by Crippen LogP contribution is -3.14. The molecule has 0 saturated carbocycles. The highest BCUT2D eigenvalue weighted by Crippen LogP contribution is 2.31. The number of nitrogens with zero attached hydrogens (tertiary/aromatic N) is 2. The Bertz CT molecular complexity index is 821. The number of rotatable bonds is 6. The number of methoxy groups -OCH3 is 2. The summed E-state index contributed by atoms with van der Waals surface area (Å²) in [7, 11) is -0.796. The SMILES string of the molecule is COc1ccc(OC)c(S(=O)(=O)N2CCN(C(=O)C[NH+]3CCC[C@@H](C)C3)CC2)c1. The largest absolute Gasteiger partial charge is 0.497 e. The lowest BCUT2D eigenvalue weighted by atomic mass is 10.0. The van der Waals surface area contributed by atoms with Crippen LogP contribution in [0, 0.1) is 5.92 Å². The Hall–Kier alpha value is -1.84. The van der Waals surface area contributed by atoms with E-state index in [2.05, 4.69) is 6.92 Å². The van der Waals surface area contributed by atoms with Crippen LogP contribution in [0.4, 0.5) is 0 Å². The first kappa shape index (κ1) is 21.9. The molecule has 0 aromatic heterocycles. The van der Waals surface area contributed by atoms with Crippen molar-refractivity contribution in [2.45, 2.75) is 24.7 Å². The Morgan fingerprint density at radius 3 is 2.52 bits per heavy atom. The van der Waals surface area contributed by atoms with Gasteiger partial charge >= 0.3 is 0 Å². The zero-order valence-corrected chi connectivity index (χ0v) is 18.3. The number of amides is 1. The van der Waals surface area contributed by atoms with Gasteiger partial charge in [-0.15, -0.1) is 0 Å². The highest BCUT2D eigenvalue weighted by molar-refractivity contribution is 7.89. The van der Waals surface area contributed by atoms with Crippen LogP contribution in [0.3, 0.4) is 0 Å². The second kappa shape index (κ2) is 9.32. The lowest BCUT2D eigenvalue weighted by molar-refractivity contribution is -0.900. The first-order chi connectivity index (χ1) is 13.8. The van der Waals surface area contributed by atoms with Crippen molar-refractivity contribution in [1.82, 2.24) is 9.21 Å². The number of hydrogen-bond donors (Lipinski definition) is 1. The molecule has 1 amide bonds. The van der Waals surface area contributed by atoms with Gasteiger partial charge in [-0.2, -0.15) is 4.31 Å².